The van der Waals surface area contributed by atoms with Crippen molar-refractivity contribution in [2.75, 3.05) is 0 Å². The predicted molar refractivity (Wildman–Crippen MR) is 115 cm³/mol. The van der Waals surface area contributed by atoms with Gasteiger partial charge in [0.1, 0.15) is 5.75 Å². The second-order valence-corrected chi connectivity index (χ2v) is 9.59. The average molecular weight is 431 g/mol. The Morgan fingerprint density at radius 3 is 2.07 bits per heavy atom. The van der Waals surface area contributed by atoms with E-state index in [2.05, 4.69) is 68.0 Å². The Kier molecular flexibility index (Phi) is 6.15. The molecule has 1 amide bonds. The van der Waals surface area contributed by atoms with Crippen molar-refractivity contribution in [3.63, 3.8) is 0 Å². The minimum absolute atomic E-state index is 0.215. The molecule has 2 aromatic rings. The molecule has 0 unspecified atom stereocenters. The van der Waals surface area contributed by atoms with Gasteiger partial charge in [-0.2, -0.15) is 5.10 Å². The molecule has 144 valence electrons. The van der Waals surface area contributed by atoms with Crippen LogP contribution >= 0.6 is 15.9 Å². The third-order valence-electron chi connectivity index (χ3n) is 4.21. The summed E-state index contributed by atoms with van der Waals surface area (Å²) < 4.78 is 0.835. The molecule has 0 aliphatic rings. The van der Waals surface area contributed by atoms with Crippen LogP contribution in [0, 0.1) is 0 Å². The van der Waals surface area contributed by atoms with E-state index in [0.717, 1.165) is 21.2 Å². The first-order valence-corrected chi connectivity index (χ1v) is 9.66. The Balaban J connectivity index is 2.32. The monoisotopic (exact) mass is 430 g/mol. The SMILES string of the molecule is CC(C)(C)c1cc(/C=N\NC(=O)c2cccc(Br)c2)cc(C(C)(C)C)c1O. The summed E-state index contributed by atoms with van der Waals surface area (Å²) in [6.45, 7) is 12.4. The number of aromatic hydroxyl groups is 1. The van der Waals surface area contributed by atoms with Crippen molar-refractivity contribution in [2.45, 2.75) is 52.4 Å². The predicted octanol–water partition coefficient (Wildman–Crippen LogP) is 5.51. The van der Waals surface area contributed by atoms with Gasteiger partial charge in [0.05, 0.1) is 6.21 Å². The first-order valence-electron chi connectivity index (χ1n) is 8.86. The second-order valence-electron chi connectivity index (χ2n) is 8.67. The summed E-state index contributed by atoms with van der Waals surface area (Å²) >= 11 is 3.35. The number of phenolic OH excluding ortho intramolecular Hbond substituents is 1. The number of nitrogens with zero attached hydrogens (tertiary/aromatic N) is 1. The second kappa shape index (κ2) is 7.85. The van der Waals surface area contributed by atoms with E-state index in [1.54, 1.807) is 24.4 Å². The number of amides is 1. The molecule has 0 heterocycles. The van der Waals surface area contributed by atoms with Crippen LogP contribution in [0.1, 0.15) is 68.6 Å². The molecule has 0 saturated carbocycles. The van der Waals surface area contributed by atoms with Crippen LogP contribution < -0.4 is 5.43 Å². The molecule has 5 heteroatoms. The van der Waals surface area contributed by atoms with Gasteiger partial charge in [0.25, 0.3) is 5.91 Å². The molecule has 2 N–H and O–H groups in total. The summed E-state index contributed by atoms with van der Waals surface area (Å²) in [5, 5.41) is 14.9. The topological polar surface area (TPSA) is 61.7 Å². The fourth-order valence-electron chi connectivity index (χ4n) is 2.73. The van der Waals surface area contributed by atoms with Crippen molar-refractivity contribution >= 4 is 28.1 Å². The lowest BCUT2D eigenvalue weighted by Crippen LogP contribution is -2.19. The van der Waals surface area contributed by atoms with E-state index < -0.39 is 0 Å². The lowest BCUT2D eigenvalue weighted by molar-refractivity contribution is 0.0955. The van der Waals surface area contributed by atoms with Gasteiger partial charge in [-0.05, 0) is 46.7 Å². The fourth-order valence-corrected chi connectivity index (χ4v) is 3.13. The molecule has 0 saturated heterocycles. The number of benzene rings is 2. The molecule has 27 heavy (non-hydrogen) atoms. The molecule has 0 radical (unpaired) electrons. The van der Waals surface area contributed by atoms with Crippen molar-refractivity contribution in [2.24, 2.45) is 5.10 Å². The number of hydrazone groups is 1. The van der Waals surface area contributed by atoms with E-state index in [9.17, 15) is 9.90 Å². The molecule has 0 bridgehead atoms. The highest BCUT2D eigenvalue weighted by Crippen LogP contribution is 2.39. The zero-order chi connectivity index (χ0) is 20.4. The Morgan fingerprint density at radius 1 is 1.04 bits per heavy atom. The molecule has 4 nitrogen and oxygen atoms in total. The van der Waals surface area contributed by atoms with Gasteiger partial charge in [-0.1, -0.05) is 63.5 Å². The van der Waals surface area contributed by atoms with Crippen LogP contribution in [0.15, 0.2) is 46.0 Å². The minimum Gasteiger partial charge on any atom is -0.507 e. The quantitative estimate of drug-likeness (QED) is 0.497. The Bertz CT molecular complexity index is 840. The van der Waals surface area contributed by atoms with Gasteiger partial charge < -0.3 is 5.11 Å². The molecular weight excluding hydrogens is 404 g/mol. The normalized spacial score (nSPS) is 12.4. The number of hydrogen-bond acceptors (Lipinski definition) is 3. The van der Waals surface area contributed by atoms with Crippen LogP contribution in [0.25, 0.3) is 0 Å². The third kappa shape index (κ3) is 5.42. The molecule has 2 rings (SSSR count). The highest BCUT2D eigenvalue weighted by molar-refractivity contribution is 9.10. The summed E-state index contributed by atoms with van der Waals surface area (Å²) in [6, 6.07) is 11.0. The Hall–Kier alpha value is -2.14. The molecule has 0 spiro atoms. The zero-order valence-corrected chi connectivity index (χ0v) is 18.3. The lowest BCUT2D eigenvalue weighted by Gasteiger charge is -2.27. The van der Waals surface area contributed by atoms with E-state index in [1.807, 2.05) is 18.2 Å². The number of halogens is 1. The van der Waals surface area contributed by atoms with Crippen molar-refractivity contribution in [1.82, 2.24) is 5.43 Å². The maximum absolute atomic E-state index is 12.2. The molecule has 0 atom stereocenters. The van der Waals surface area contributed by atoms with Crippen LogP contribution in [0.3, 0.4) is 0 Å². The van der Waals surface area contributed by atoms with Crippen LogP contribution in [0.2, 0.25) is 0 Å². The highest BCUT2D eigenvalue weighted by Gasteiger charge is 2.26. The van der Waals surface area contributed by atoms with Crippen molar-refractivity contribution in [1.29, 1.82) is 0 Å². The van der Waals surface area contributed by atoms with Gasteiger partial charge in [0.15, 0.2) is 0 Å². The summed E-state index contributed by atoms with van der Waals surface area (Å²) in [4.78, 5) is 12.2. The average Bonchev–Trinajstić information content (AvgIpc) is 2.53. The number of hydrogen-bond donors (Lipinski definition) is 2. The summed E-state index contributed by atoms with van der Waals surface area (Å²) in [5.74, 6) is 0.0451. The highest BCUT2D eigenvalue weighted by atomic mass is 79.9. The molecule has 0 aromatic heterocycles. The number of nitrogens with one attached hydrogen (secondary N) is 1. The summed E-state index contributed by atoms with van der Waals surface area (Å²) in [5.41, 5.74) is 5.19. The summed E-state index contributed by atoms with van der Waals surface area (Å²) in [7, 11) is 0. The standard InChI is InChI=1S/C22H27BrN2O2/c1-21(2,3)17-10-14(11-18(19(17)26)22(4,5)6)13-24-25-20(27)15-8-7-9-16(23)12-15/h7-13,26H,1-6H3,(H,25,27)/b24-13-. The van der Waals surface area contributed by atoms with Crippen LogP contribution in [-0.2, 0) is 10.8 Å². The molecule has 0 aliphatic carbocycles. The van der Waals surface area contributed by atoms with E-state index in [1.165, 1.54) is 0 Å². The largest absolute Gasteiger partial charge is 0.507 e. The van der Waals surface area contributed by atoms with Gasteiger partial charge in [-0.15, -0.1) is 0 Å². The van der Waals surface area contributed by atoms with Crippen molar-refractivity contribution in [3.05, 3.63) is 63.1 Å². The number of phenols is 1. The number of carbonyl (C=O) groups is 1. The Labute approximate surface area is 169 Å². The van der Waals surface area contributed by atoms with Crippen molar-refractivity contribution in [3.8, 4) is 5.75 Å². The Morgan fingerprint density at radius 2 is 1.59 bits per heavy atom. The number of carbonyl (C=O) groups excluding carboxylic acids is 1. The van der Waals surface area contributed by atoms with Crippen LogP contribution in [0.5, 0.6) is 5.75 Å². The molecular formula is C22H27BrN2O2. The first kappa shape index (κ1) is 21.2. The number of rotatable bonds is 3. The summed E-state index contributed by atoms with van der Waals surface area (Å²) in [6.07, 6.45) is 1.61. The van der Waals surface area contributed by atoms with E-state index in [-0.39, 0.29) is 16.7 Å². The molecule has 0 fully saturated rings. The first-order chi connectivity index (χ1) is 12.4. The van der Waals surface area contributed by atoms with Crippen LogP contribution in [0.4, 0.5) is 0 Å². The van der Waals surface area contributed by atoms with E-state index >= 15 is 0 Å². The van der Waals surface area contributed by atoms with E-state index in [0.29, 0.717) is 11.3 Å². The van der Waals surface area contributed by atoms with Gasteiger partial charge in [0, 0.05) is 21.2 Å². The van der Waals surface area contributed by atoms with Crippen LogP contribution in [-0.4, -0.2) is 17.2 Å². The maximum atomic E-state index is 12.2. The van der Waals surface area contributed by atoms with Gasteiger partial charge >= 0.3 is 0 Å². The fraction of sp³-hybridized carbons (Fsp3) is 0.364. The van der Waals surface area contributed by atoms with Gasteiger partial charge in [0.2, 0.25) is 0 Å². The van der Waals surface area contributed by atoms with E-state index in [4.69, 9.17) is 0 Å². The van der Waals surface area contributed by atoms with Crippen molar-refractivity contribution < 1.29 is 9.90 Å². The zero-order valence-electron chi connectivity index (χ0n) is 16.7. The molecule has 0 aliphatic heterocycles. The third-order valence-corrected chi connectivity index (χ3v) is 4.71. The maximum Gasteiger partial charge on any atom is 0.271 e. The smallest absolute Gasteiger partial charge is 0.271 e. The minimum atomic E-state index is -0.279. The van der Waals surface area contributed by atoms with Gasteiger partial charge in [-0.25, -0.2) is 5.43 Å². The lowest BCUT2D eigenvalue weighted by atomic mass is 9.78. The van der Waals surface area contributed by atoms with Gasteiger partial charge in [-0.3, -0.25) is 4.79 Å². The molecule has 2 aromatic carbocycles.